The highest BCUT2D eigenvalue weighted by Crippen LogP contribution is 2.21. The van der Waals surface area contributed by atoms with Crippen LogP contribution in [0.4, 0.5) is 0 Å². The smallest absolute Gasteiger partial charge is 0.312 e. The van der Waals surface area contributed by atoms with E-state index in [-0.39, 0.29) is 0 Å². The SMILES string of the molecule is CO[C@@](O)(N=N)c1ccncc1. The van der Waals surface area contributed by atoms with Gasteiger partial charge in [0, 0.05) is 25.1 Å². The highest BCUT2D eigenvalue weighted by atomic mass is 16.6. The molecule has 5 heteroatoms. The highest BCUT2D eigenvalue weighted by molar-refractivity contribution is 5.15. The molecule has 1 aromatic rings. The molecule has 0 unspecified atom stereocenters. The van der Waals surface area contributed by atoms with Crippen LogP contribution in [0.25, 0.3) is 0 Å². The number of rotatable bonds is 3. The summed E-state index contributed by atoms with van der Waals surface area (Å²) in [6.07, 6.45) is 2.98. The Labute approximate surface area is 69.5 Å². The summed E-state index contributed by atoms with van der Waals surface area (Å²) in [6.45, 7) is 0. The van der Waals surface area contributed by atoms with Crippen molar-refractivity contribution in [2.24, 2.45) is 5.11 Å². The lowest BCUT2D eigenvalue weighted by atomic mass is 10.2. The monoisotopic (exact) mass is 167 g/mol. The lowest BCUT2D eigenvalue weighted by Gasteiger charge is -2.18. The van der Waals surface area contributed by atoms with Crippen LogP contribution in [0.15, 0.2) is 29.6 Å². The van der Waals surface area contributed by atoms with Gasteiger partial charge in [0.25, 0.3) is 0 Å². The van der Waals surface area contributed by atoms with Crippen LogP contribution >= 0.6 is 0 Å². The van der Waals surface area contributed by atoms with Crippen LogP contribution in [0, 0.1) is 5.53 Å². The molecule has 0 radical (unpaired) electrons. The number of hydrogen-bond donors (Lipinski definition) is 2. The zero-order valence-electron chi connectivity index (χ0n) is 6.56. The van der Waals surface area contributed by atoms with Gasteiger partial charge in [-0.05, 0) is 12.1 Å². The van der Waals surface area contributed by atoms with E-state index in [1.54, 1.807) is 0 Å². The first kappa shape index (κ1) is 8.76. The molecule has 0 aliphatic rings. The van der Waals surface area contributed by atoms with E-state index in [2.05, 4.69) is 14.8 Å². The third kappa shape index (κ3) is 1.46. The molecule has 1 heterocycles. The van der Waals surface area contributed by atoms with Gasteiger partial charge in [-0.15, -0.1) is 5.11 Å². The molecule has 0 spiro atoms. The molecule has 0 aliphatic carbocycles. The van der Waals surface area contributed by atoms with E-state index < -0.39 is 5.91 Å². The fourth-order valence-electron chi connectivity index (χ4n) is 0.797. The Balaban J connectivity index is 3.03. The second-order valence-corrected chi connectivity index (χ2v) is 2.16. The second kappa shape index (κ2) is 3.38. The number of methoxy groups -OCH3 is 1. The molecule has 2 N–H and O–H groups in total. The van der Waals surface area contributed by atoms with Gasteiger partial charge in [0.15, 0.2) is 0 Å². The number of nitrogens with one attached hydrogen (secondary N) is 1. The zero-order chi connectivity index (χ0) is 9.03. The minimum Gasteiger partial charge on any atom is -0.342 e. The Bertz CT molecular complexity index is 265. The minimum atomic E-state index is -1.87. The molecule has 0 aliphatic heterocycles. The number of aliphatic hydroxyl groups is 1. The summed E-state index contributed by atoms with van der Waals surface area (Å²) in [4.78, 5) is 3.76. The van der Waals surface area contributed by atoms with Crippen molar-refractivity contribution in [1.29, 1.82) is 5.53 Å². The summed E-state index contributed by atoms with van der Waals surface area (Å²) in [7, 11) is 1.28. The minimum absolute atomic E-state index is 0.384. The largest absolute Gasteiger partial charge is 0.342 e. The second-order valence-electron chi connectivity index (χ2n) is 2.16. The lowest BCUT2D eigenvalue weighted by molar-refractivity contribution is -0.193. The predicted octanol–water partition coefficient (Wildman–Crippen LogP) is 0.862. The first-order valence-electron chi connectivity index (χ1n) is 3.29. The molecular formula is C7H9N3O2. The van der Waals surface area contributed by atoms with Gasteiger partial charge in [-0.25, -0.2) is 5.53 Å². The summed E-state index contributed by atoms with van der Waals surface area (Å²) in [6, 6.07) is 3.06. The number of aromatic nitrogens is 1. The van der Waals surface area contributed by atoms with Crippen LogP contribution in [0.2, 0.25) is 0 Å². The van der Waals surface area contributed by atoms with Gasteiger partial charge < -0.3 is 9.84 Å². The number of hydrogen-bond acceptors (Lipinski definition) is 5. The quantitative estimate of drug-likeness (QED) is 0.517. The Morgan fingerprint density at radius 2 is 2.17 bits per heavy atom. The van der Waals surface area contributed by atoms with Crippen LogP contribution in [-0.4, -0.2) is 17.2 Å². The highest BCUT2D eigenvalue weighted by Gasteiger charge is 2.27. The van der Waals surface area contributed by atoms with E-state index in [4.69, 9.17) is 5.53 Å². The van der Waals surface area contributed by atoms with Gasteiger partial charge in [0.2, 0.25) is 0 Å². The number of ether oxygens (including phenoxy) is 1. The van der Waals surface area contributed by atoms with Crippen molar-refractivity contribution in [3.05, 3.63) is 30.1 Å². The zero-order valence-corrected chi connectivity index (χ0v) is 6.56. The summed E-state index contributed by atoms with van der Waals surface area (Å²) in [5, 5.41) is 12.5. The van der Waals surface area contributed by atoms with E-state index in [0.717, 1.165) is 0 Å². The number of pyridine rings is 1. The van der Waals surface area contributed by atoms with Crippen molar-refractivity contribution in [2.75, 3.05) is 7.11 Å². The maximum Gasteiger partial charge on any atom is 0.312 e. The fourth-order valence-corrected chi connectivity index (χ4v) is 0.797. The van der Waals surface area contributed by atoms with Gasteiger partial charge in [-0.2, -0.15) is 0 Å². The first-order valence-corrected chi connectivity index (χ1v) is 3.29. The van der Waals surface area contributed by atoms with Gasteiger partial charge in [0.05, 0.1) is 0 Å². The Hall–Kier alpha value is -1.33. The summed E-state index contributed by atoms with van der Waals surface area (Å²) < 4.78 is 4.65. The third-order valence-electron chi connectivity index (χ3n) is 1.49. The third-order valence-corrected chi connectivity index (χ3v) is 1.49. The summed E-state index contributed by atoms with van der Waals surface area (Å²) in [5.74, 6) is -1.87. The predicted molar refractivity (Wildman–Crippen MR) is 40.3 cm³/mol. The molecule has 0 amide bonds. The van der Waals surface area contributed by atoms with Gasteiger partial charge in [-0.1, -0.05) is 0 Å². The molecule has 0 saturated heterocycles. The van der Waals surface area contributed by atoms with Crippen molar-refractivity contribution in [2.45, 2.75) is 5.91 Å². The van der Waals surface area contributed by atoms with Crippen LogP contribution in [0.3, 0.4) is 0 Å². The van der Waals surface area contributed by atoms with Gasteiger partial charge >= 0.3 is 5.91 Å². The molecule has 1 rings (SSSR count). The van der Waals surface area contributed by atoms with Crippen LogP contribution < -0.4 is 0 Å². The average Bonchev–Trinajstić information content (AvgIpc) is 2.18. The first-order chi connectivity index (χ1) is 5.73. The Morgan fingerprint density at radius 3 is 2.58 bits per heavy atom. The molecule has 64 valence electrons. The van der Waals surface area contributed by atoms with Gasteiger partial charge in [-0.3, -0.25) is 4.98 Å². The summed E-state index contributed by atoms with van der Waals surface area (Å²) in [5.41, 5.74) is 7.11. The van der Waals surface area contributed by atoms with Crippen molar-refractivity contribution in [3.8, 4) is 0 Å². The average molecular weight is 167 g/mol. The van der Waals surface area contributed by atoms with Crippen molar-refractivity contribution in [1.82, 2.24) is 4.98 Å². The van der Waals surface area contributed by atoms with Crippen LogP contribution in [0.5, 0.6) is 0 Å². The molecule has 1 aromatic heterocycles. The Morgan fingerprint density at radius 1 is 1.58 bits per heavy atom. The molecule has 12 heavy (non-hydrogen) atoms. The van der Waals surface area contributed by atoms with Crippen LogP contribution in [0.1, 0.15) is 5.56 Å². The van der Waals surface area contributed by atoms with E-state index in [1.165, 1.54) is 31.6 Å². The molecule has 0 aromatic carbocycles. The van der Waals surface area contributed by atoms with Crippen molar-refractivity contribution < 1.29 is 9.84 Å². The molecule has 0 bridgehead atoms. The number of nitrogens with zero attached hydrogens (tertiary/aromatic N) is 2. The molecule has 1 atom stereocenters. The van der Waals surface area contributed by atoms with Crippen molar-refractivity contribution in [3.63, 3.8) is 0 Å². The van der Waals surface area contributed by atoms with Crippen molar-refractivity contribution >= 4 is 0 Å². The maximum atomic E-state index is 9.50. The standard InChI is InChI=1S/C7H9N3O2/c1-12-7(11,10-8)6-2-4-9-5-3-6/h2-5,8,11H,1H3/t7-/m1/s1. The lowest BCUT2D eigenvalue weighted by Crippen LogP contribution is -2.24. The maximum absolute atomic E-state index is 9.50. The van der Waals surface area contributed by atoms with E-state index >= 15 is 0 Å². The summed E-state index contributed by atoms with van der Waals surface area (Å²) >= 11 is 0. The van der Waals surface area contributed by atoms with Crippen LogP contribution in [-0.2, 0) is 10.6 Å². The topological polar surface area (TPSA) is 78.6 Å². The van der Waals surface area contributed by atoms with E-state index in [0.29, 0.717) is 5.56 Å². The normalized spacial score (nSPS) is 15.2. The van der Waals surface area contributed by atoms with E-state index in [9.17, 15) is 5.11 Å². The molecule has 0 saturated carbocycles. The molecule has 0 fully saturated rings. The molecular weight excluding hydrogens is 158 g/mol. The Kier molecular flexibility index (Phi) is 2.47. The molecule has 5 nitrogen and oxygen atoms in total. The fraction of sp³-hybridized carbons (Fsp3) is 0.286. The van der Waals surface area contributed by atoms with Gasteiger partial charge in [0.1, 0.15) is 0 Å². The van der Waals surface area contributed by atoms with E-state index in [1.807, 2.05) is 0 Å².